The average Bonchev–Trinajstić information content (AvgIpc) is 1.67. The Morgan fingerprint density at radius 3 is 2.38 bits per heavy atom. The van der Waals surface area contributed by atoms with E-state index in [2.05, 4.69) is 0 Å². The second-order valence-electron chi connectivity index (χ2n) is 1.25. The van der Waals surface area contributed by atoms with Crippen molar-refractivity contribution in [3.05, 3.63) is 9.95 Å². The van der Waals surface area contributed by atoms with Gasteiger partial charge < -0.3 is 0 Å². The van der Waals surface area contributed by atoms with Crippen LogP contribution in [0.5, 0.6) is 0 Å². The molecule has 0 unspecified atom stereocenters. The molecule has 0 fully saturated rings. The van der Waals surface area contributed by atoms with Gasteiger partial charge in [0.1, 0.15) is 0 Å². The zero-order valence-corrected chi connectivity index (χ0v) is 5.90. The zero-order chi connectivity index (χ0) is 6.57. The Morgan fingerprint density at radius 2 is 2.25 bits per heavy atom. The van der Waals surface area contributed by atoms with Crippen molar-refractivity contribution < 1.29 is 32.3 Å². The van der Waals surface area contributed by atoms with Crippen LogP contribution in [0.2, 0.25) is 0 Å². The Bertz CT molecular complexity index is 138. The van der Waals surface area contributed by atoms with Gasteiger partial charge in [-0.3, -0.25) is 0 Å². The van der Waals surface area contributed by atoms with Crippen LogP contribution in [-0.2, 0) is 27.2 Å². The van der Waals surface area contributed by atoms with Crippen LogP contribution in [0.4, 0.5) is 0 Å². The molecule has 0 radical (unpaired) electrons. The van der Waals surface area contributed by atoms with Crippen LogP contribution < -0.4 is 0 Å². The van der Waals surface area contributed by atoms with Gasteiger partial charge in [0.05, 0.1) is 0 Å². The van der Waals surface area contributed by atoms with Crippen LogP contribution in [0.1, 0.15) is 6.92 Å². The quantitative estimate of drug-likeness (QED) is 0.456. The van der Waals surface area contributed by atoms with Crippen molar-refractivity contribution in [1.82, 2.24) is 0 Å². The molecule has 0 saturated carbocycles. The third-order valence-electron chi connectivity index (χ3n) is 0.613. The van der Waals surface area contributed by atoms with E-state index in [9.17, 15) is 8.12 Å². The van der Waals surface area contributed by atoms with Crippen molar-refractivity contribution in [1.29, 1.82) is 0 Å². The molecule has 0 bridgehead atoms. The van der Waals surface area contributed by atoms with Crippen molar-refractivity contribution in [2.45, 2.75) is 6.92 Å². The third-order valence-corrected chi connectivity index (χ3v) is 1.47. The minimum absolute atomic E-state index is 0.167. The Hall–Kier alpha value is -0.276. The van der Waals surface area contributed by atoms with Gasteiger partial charge in [-0.25, -0.2) is 0 Å². The van der Waals surface area contributed by atoms with Gasteiger partial charge in [0, 0.05) is 0 Å². The number of carboxylic acid groups (broad SMARTS) is 1. The molecule has 8 heavy (non-hydrogen) atoms. The standard InChI is InChI=1S/C4H5O2.O.Ti/c1-3(2)4(5)6;;/h1H,2H3,(H,5,6);;. The fourth-order valence-corrected chi connectivity index (χ4v) is 0.619. The Balaban J connectivity index is 3.99. The summed E-state index contributed by atoms with van der Waals surface area (Å²) in [5.74, 6) is -0.996. The summed E-state index contributed by atoms with van der Waals surface area (Å²) in [5, 5.41) is 8.13. The number of hydrogen-bond donors (Lipinski definition) is 1. The summed E-state index contributed by atoms with van der Waals surface area (Å²) >= 11 is -1.37. The molecule has 4 heteroatoms. The van der Waals surface area contributed by atoms with Gasteiger partial charge in [-0.15, -0.1) is 0 Å². The predicted molar refractivity (Wildman–Crippen MR) is 22.1 cm³/mol. The molecular formula is C4H5O3Ti. The maximum atomic E-state index is 9.90. The van der Waals surface area contributed by atoms with Crippen LogP contribution in [0.15, 0.2) is 9.95 Å². The van der Waals surface area contributed by atoms with E-state index in [0.29, 0.717) is 0 Å². The Labute approximate surface area is 55.6 Å². The summed E-state index contributed by atoms with van der Waals surface area (Å²) in [4.78, 5) is 9.90. The molecule has 0 heterocycles. The molecule has 1 N–H and O–H groups in total. The molecule has 43 valence electrons. The molecule has 0 aromatic carbocycles. The molecule has 0 saturated heterocycles. The topological polar surface area (TPSA) is 54.4 Å². The van der Waals surface area contributed by atoms with Crippen LogP contribution in [0.3, 0.4) is 0 Å². The monoisotopic (exact) mass is 149 g/mol. The number of aliphatic carboxylic acids is 1. The first-order valence-electron chi connectivity index (χ1n) is 1.96. The van der Waals surface area contributed by atoms with E-state index in [1.807, 2.05) is 0 Å². The third kappa shape index (κ3) is 2.83. The first-order valence-corrected chi connectivity index (χ1v) is 3.50. The van der Waals surface area contributed by atoms with E-state index in [-0.39, 0.29) is 5.57 Å². The zero-order valence-electron chi connectivity index (χ0n) is 4.34. The molecule has 0 aliphatic rings. The molecule has 0 atom stereocenters. The summed E-state index contributed by atoms with van der Waals surface area (Å²) in [7, 11) is 0. The van der Waals surface area contributed by atoms with E-state index < -0.39 is 25.1 Å². The van der Waals surface area contributed by atoms with E-state index in [1.165, 1.54) is 11.3 Å². The number of hydrogen-bond acceptors (Lipinski definition) is 2. The van der Waals surface area contributed by atoms with Crippen LogP contribution in [0, 0.1) is 0 Å². The summed E-state index contributed by atoms with van der Waals surface area (Å²) in [5.41, 5.74) is 0.167. The molecule has 3 nitrogen and oxygen atoms in total. The SMILES string of the molecule is CC(=[CH][Ti]=[O])C(=O)O. The Morgan fingerprint density at radius 1 is 1.75 bits per heavy atom. The summed E-state index contributed by atoms with van der Waals surface area (Å²) in [6.45, 7) is 1.42. The summed E-state index contributed by atoms with van der Waals surface area (Å²) in [6, 6.07) is 0. The fraction of sp³-hybridized carbons (Fsp3) is 0.250. The molecule has 0 aromatic heterocycles. The molecule has 0 amide bonds. The van der Waals surface area contributed by atoms with Crippen LogP contribution in [-0.4, -0.2) is 11.1 Å². The normalized spacial score (nSPS) is 10.4. The first-order chi connectivity index (χ1) is 3.68. The second kappa shape index (κ2) is 3.69. The molecule has 0 aliphatic heterocycles. The van der Waals surface area contributed by atoms with Crippen molar-refractivity contribution >= 4 is 5.97 Å². The van der Waals surface area contributed by atoms with Gasteiger partial charge >= 0.3 is 55.2 Å². The van der Waals surface area contributed by atoms with E-state index in [1.54, 1.807) is 0 Å². The van der Waals surface area contributed by atoms with Gasteiger partial charge in [0.15, 0.2) is 0 Å². The van der Waals surface area contributed by atoms with E-state index in [0.717, 1.165) is 0 Å². The van der Waals surface area contributed by atoms with Gasteiger partial charge in [-0.05, 0) is 0 Å². The molecule has 0 aromatic rings. The van der Waals surface area contributed by atoms with Crippen molar-refractivity contribution in [2.75, 3.05) is 0 Å². The summed E-state index contributed by atoms with van der Waals surface area (Å²) in [6.07, 6.45) is 0. The van der Waals surface area contributed by atoms with Gasteiger partial charge in [-0.2, -0.15) is 0 Å². The fourth-order valence-electron chi connectivity index (χ4n) is 0.150. The molecule has 0 aliphatic carbocycles. The maximum absolute atomic E-state index is 9.90. The van der Waals surface area contributed by atoms with E-state index in [4.69, 9.17) is 5.11 Å². The first kappa shape index (κ1) is 7.72. The number of carboxylic acids is 1. The van der Waals surface area contributed by atoms with Crippen molar-refractivity contribution in [2.24, 2.45) is 0 Å². The second-order valence-corrected chi connectivity index (χ2v) is 2.07. The van der Waals surface area contributed by atoms with E-state index >= 15 is 0 Å². The molecular weight excluding hydrogens is 144 g/mol. The Kier molecular flexibility index (Phi) is 3.57. The van der Waals surface area contributed by atoms with Gasteiger partial charge in [0.2, 0.25) is 0 Å². The van der Waals surface area contributed by atoms with Crippen LogP contribution in [0.25, 0.3) is 0 Å². The van der Waals surface area contributed by atoms with Crippen molar-refractivity contribution in [3.8, 4) is 0 Å². The average molecular weight is 149 g/mol. The van der Waals surface area contributed by atoms with Gasteiger partial charge in [-0.1, -0.05) is 0 Å². The molecule has 0 rings (SSSR count). The van der Waals surface area contributed by atoms with Crippen LogP contribution >= 0.6 is 0 Å². The van der Waals surface area contributed by atoms with Crippen molar-refractivity contribution in [3.63, 3.8) is 0 Å². The summed E-state index contributed by atoms with van der Waals surface area (Å²) < 4.78 is 11.1. The van der Waals surface area contributed by atoms with Gasteiger partial charge in [0.25, 0.3) is 0 Å². The predicted octanol–water partition coefficient (Wildman–Crippen LogP) is 0.403. The minimum atomic E-state index is -1.37. The number of rotatable bonds is 2. The molecule has 0 spiro atoms. The number of carbonyl (C=O) groups is 1.